The van der Waals surface area contributed by atoms with Crippen LogP contribution in [0.15, 0.2) is 12.1 Å². The van der Waals surface area contributed by atoms with Crippen LogP contribution in [-0.4, -0.2) is 5.11 Å². The number of aryl methyl sites for hydroxylation is 3. The highest BCUT2D eigenvalue weighted by atomic mass is 16.3. The predicted molar refractivity (Wildman–Crippen MR) is 79.2 cm³/mol. The van der Waals surface area contributed by atoms with Crippen LogP contribution < -0.4 is 0 Å². The summed E-state index contributed by atoms with van der Waals surface area (Å²) in [5, 5.41) is 10.3. The summed E-state index contributed by atoms with van der Waals surface area (Å²) < 4.78 is 0. The van der Waals surface area contributed by atoms with Crippen LogP contribution in [0.25, 0.3) is 0 Å². The Morgan fingerprint density at radius 3 is 1.61 bits per heavy atom. The fraction of sp³-hybridized carbons (Fsp3) is 0.647. The van der Waals surface area contributed by atoms with Gasteiger partial charge in [-0.05, 0) is 55.6 Å². The smallest absolute Gasteiger partial charge is 0.121 e. The standard InChI is InChI=1S/C17H28O/c1-12(2)6-8-15-10-14(5)11-16(17(15)18)9-7-13(3)4/h10-13,18H,6-9H2,1-5H3. The molecule has 1 aromatic carbocycles. The SMILES string of the molecule is Cc1cc(CCC(C)C)c(O)c(CCC(C)C)c1. The first kappa shape index (κ1) is 15.1. The molecule has 0 aliphatic carbocycles. The average molecular weight is 248 g/mol. The number of aromatic hydroxyl groups is 1. The van der Waals surface area contributed by atoms with E-state index in [0.29, 0.717) is 17.6 Å². The van der Waals surface area contributed by atoms with Crippen molar-refractivity contribution in [3.05, 3.63) is 28.8 Å². The molecule has 0 unspecified atom stereocenters. The Kier molecular flexibility index (Phi) is 5.71. The van der Waals surface area contributed by atoms with Gasteiger partial charge in [0.1, 0.15) is 5.75 Å². The summed E-state index contributed by atoms with van der Waals surface area (Å²) in [4.78, 5) is 0. The molecule has 1 rings (SSSR count). The van der Waals surface area contributed by atoms with Crippen molar-refractivity contribution in [2.75, 3.05) is 0 Å². The molecule has 18 heavy (non-hydrogen) atoms. The first-order chi connectivity index (χ1) is 8.40. The minimum Gasteiger partial charge on any atom is -0.507 e. The van der Waals surface area contributed by atoms with E-state index in [9.17, 15) is 5.11 Å². The molecule has 102 valence electrons. The molecule has 0 bridgehead atoms. The third-order valence-electron chi connectivity index (χ3n) is 3.39. The second-order valence-corrected chi connectivity index (χ2v) is 6.30. The summed E-state index contributed by atoms with van der Waals surface area (Å²) in [7, 11) is 0. The zero-order valence-electron chi connectivity index (χ0n) is 12.6. The van der Waals surface area contributed by atoms with Gasteiger partial charge in [0.25, 0.3) is 0 Å². The molecule has 0 heterocycles. The fourth-order valence-corrected chi connectivity index (χ4v) is 2.20. The number of hydrogen-bond acceptors (Lipinski definition) is 1. The van der Waals surface area contributed by atoms with Crippen LogP contribution in [0, 0.1) is 18.8 Å². The lowest BCUT2D eigenvalue weighted by Gasteiger charge is -2.13. The van der Waals surface area contributed by atoms with Crippen LogP contribution in [0.3, 0.4) is 0 Å². The first-order valence-electron chi connectivity index (χ1n) is 7.21. The third kappa shape index (κ3) is 4.72. The van der Waals surface area contributed by atoms with Crippen LogP contribution in [0.2, 0.25) is 0 Å². The van der Waals surface area contributed by atoms with Crippen molar-refractivity contribution >= 4 is 0 Å². The van der Waals surface area contributed by atoms with Crippen molar-refractivity contribution in [3.63, 3.8) is 0 Å². The molecule has 1 heteroatoms. The second-order valence-electron chi connectivity index (χ2n) is 6.30. The maximum Gasteiger partial charge on any atom is 0.121 e. The Morgan fingerprint density at radius 2 is 1.28 bits per heavy atom. The van der Waals surface area contributed by atoms with Crippen molar-refractivity contribution in [2.45, 2.75) is 60.3 Å². The molecule has 0 saturated carbocycles. The lowest BCUT2D eigenvalue weighted by molar-refractivity contribution is 0.452. The van der Waals surface area contributed by atoms with E-state index in [0.717, 1.165) is 36.8 Å². The molecule has 0 aliphatic heterocycles. The molecule has 0 aliphatic rings. The topological polar surface area (TPSA) is 20.2 Å². The van der Waals surface area contributed by atoms with Gasteiger partial charge in [0, 0.05) is 0 Å². The minimum atomic E-state index is 0.543. The molecule has 1 nitrogen and oxygen atoms in total. The van der Waals surface area contributed by atoms with Crippen LogP contribution >= 0.6 is 0 Å². The highest BCUT2D eigenvalue weighted by Gasteiger charge is 2.10. The van der Waals surface area contributed by atoms with E-state index in [1.54, 1.807) is 0 Å². The maximum absolute atomic E-state index is 10.3. The van der Waals surface area contributed by atoms with E-state index in [1.165, 1.54) is 5.56 Å². The van der Waals surface area contributed by atoms with E-state index < -0.39 is 0 Å². The average Bonchev–Trinajstić information content (AvgIpc) is 2.27. The highest BCUT2D eigenvalue weighted by Crippen LogP contribution is 2.28. The number of rotatable bonds is 6. The summed E-state index contributed by atoms with van der Waals surface area (Å²) in [5.74, 6) is 1.91. The summed E-state index contributed by atoms with van der Waals surface area (Å²) in [6.45, 7) is 11.0. The Balaban J connectivity index is 2.84. The van der Waals surface area contributed by atoms with Crippen LogP contribution in [0.5, 0.6) is 5.75 Å². The van der Waals surface area contributed by atoms with Crippen molar-refractivity contribution in [1.29, 1.82) is 0 Å². The molecule has 0 saturated heterocycles. The van der Waals surface area contributed by atoms with Gasteiger partial charge in [-0.2, -0.15) is 0 Å². The largest absolute Gasteiger partial charge is 0.507 e. The minimum absolute atomic E-state index is 0.543. The Bertz CT molecular complexity index is 344. The molecule has 0 fully saturated rings. The first-order valence-corrected chi connectivity index (χ1v) is 7.21. The van der Waals surface area contributed by atoms with Gasteiger partial charge in [-0.3, -0.25) is 0 Å². The fourth-order valence-electron chi connectivity index (χ4n) is 2.20. The molecule has 0 amide bonds. The van der Waals surface area contributed by atoms with Crippen molar-refractivity contribution < 1.29 is 5.11 Å². The van der Waals surface area contributed by atoms with Crippen LogP contribution in [-0.2, 0) is 12.8 Å². The molecule has 1 N–H and O–H groups in total. The van der Waals surface area contributed by atoms with Gasteiger partial charge in [-0.1, -0.05) is 45.4 Å². The summed E-state index contributed by atoms with van der Waals surface area (Å²) in [5.41, 5.74) is 3.52. The summed E-state index contributed by atoms with van der Waals surface area (Å²) in [6.07, 6.45) is 4.25. The van der Waals surface area contributed by atoms with Gasteiger partial charge in [0.05, 0.1) is 0 Å². The normalized spacial score (nSPS) is 11.5. The molecule has 1 aromatic rings. The van der Waals surface area contributed by atoms with Gasteiger partial charge in [-0.15, -0.1) is 0 Å². The molecule has 0 atom stereocenters. The number of phenolic OH excluding ortho intramolecular Hbond substituents is 1. The van der Waals surface area contributed by atoms with Gasteiger partial charge in [0.2, 0.25) is 0 Å². The van der Waals surface area contributed by atoms with Crippen molar-refractivity contribution in [3.8, 4) is 5.75 Å². The molecule has 0 spiro atoms. The van der Waals surface area contributed by atoms with Gasteiger partial charge >= 0.3 is 0 Å². The number of phenols is 1. The predicted octanol–water partition coefficient (Wildman–Crippen LogP) is 4.88. The van der Waals surface area contributed by atoms with E-state index in [1.807, 2.05) is 0 Å². The van der Waals surface area contributed by atoms with E-state index in [-0.39, 0.29) is 0 Å². The Hall–Kier alpha value is -0.980. The molecule has 0 radical (unpaired) electrons. The molecule has 0 aromatic heterocycles. The third-order valence-corrected chi connectivity index (χ3v) is 3.39. The molecular weight excluding hydrogens is 220 g/mol. The zero-order valence-corrected chi connectivity index (χ0v) is 12.6. The molecular formula is C17H28O. The van der Waals surface area contributed by atoms with Crippen molar-refractivity contribution in [1.82, 2.24) is 0 Å². The van der Waals surface area contributed by atoms with Gasteiger partial charge in [0.15, 0.2) is 0 Å². The maximum atomic E-state index is 10.3. The zero-order chi connectivity index (χ0) is 13.7. The van der Waals surface area contributed by atoms with Crippen LogP contribution in [0.4, 0.5) is 0 Å². The van der Waals surface area contributed by atoms with E-state index in [4.69, 9.17) is 0 Å². The quantitative estimate of drug-likeness (QED) is 0.761. The summed E-state index contributed by atoms with van der Waals surface area (Å²) >= 11 is 0. The second kappa shape index (κ2) is 6.82. The van der Waals surface area contributed by atoms with Gasteiger partial charge < -0.3 is 5.11 Å². The lowest BCUT2D eigenvalue weighted by atomic mass is 9.94. The van der Waals surface area contributed by atoms with Gasteiger partial charge in [-0.25, -0.2) is 0 Å². The Labute approximate surface area is 112 Å². The summed E-state index contributed by atoms with van der Waals surface area (Å²) in [6, 6.07) is 4.27. The van der Waals surface area contributed by atoms with E-state index in [2.05, 4.69) is 46.8 Å². The Morgan fingerprint density at radius 1 is 0.889 bits per heavy atom. The highest BCUT2D eigenvalue weighted by molar-refractivity contribution is 5.43. The van der Waals surface area contributed by atoms with Crippen LogP contribution in [0.1, 0.15) is 57.2 Å². The monoisotopic (exact) mass is 248 g/mol. The van der Waals surface area contributed by atoms with E-state index >= 15 is 0 Å². The lowest BCUT2D eigenvalue weighted by Crippen LogP contribution is -1.98. The number of hydrogen-bond donors (Lipinski definition) is 1. The van der Waals surface area contributed by atoms with Crippen molar-refractivity contribution in [2.24, 2.45) is 11.8 Å². The number of benzene rings is 1.